The molecule has 0 N–H and O–H groups in total. The van der Waals surface area contributed by atoms with Crippen LogP contribution >= 0.6 is 50.9 Å². The largest absolute Gasteiger partial charge is 5.00 e. The molecule has 0 aromatic rings. The first-order chi connectivity index (χ1) is 0. The SMILES string of the molecule is Br.Br.Br.[Br-].[Br-].[Br-].[Br-].[Br-].[Nb+5]. The molecule has 0 unspecified atom stereocenters. The van der Waals surface area contributed by atoms with Crippen molar-refractivity contribution in [2.45, 2.75) is 0 Å². The van der Waals surface area contributed by atoms with Gasteiger partial charge in [-0.1, -0.05) is 0 Å². The van der Waals surface area contributed by atoms with Gasteiger partial charge in [0, 0.05) is 0 Å². The molecule has 0 rings (SSSR count). The van der Waals surface area contributed by atoms with E-state index in [1.54, 1.807) is 0 Å². The van der Waals surface area contributed by atoms with E-state index < -0.39 is 0 Å². The zero-order valence-corrected chi connectivity index (χ0v) is 18.8. The molecule has 0 atom stereocenters. The first-order valence-electron chi connectivity index (χ1n) is 0. The molecule has 0 aliphatic carbocycles. The first kappa shape index (κ1) is 102. The molecule has 0 nitrogen and oxygen atoms in total. The maximum atomic E-state index is 0. The summed E-state index contributed by atoms with van der Waals surface area (Å²) in [4.78, 5) is 0. The zero-order chi connectivity index (χ0) is 0. The summed E-state index contributed by atoms with van der Waals surface area (Å²) in [5.74, 6) is 0. The van der Waals surface area contributed by atoms with Crippen molar-refractivity contribution >= 4 is 50.9 Å². The monoisotopic (exact) mass is 727 g/mol. The Balaban J connectivity index is 0. The van der Waals surface area contributed by atoms with Gasteiger partial charge in [0.1, 0.15) is 0 Å². The summed E-state index contributed by atoms with van der Waals surface area (Å²) in [5, 5.41) is 0. The van der Waals surface area contributed by atoms with Crippen molar-refractivity contribution < 1.29 is 107 Å². The summed E-state index contributed by atoms with van der Waals surface area (Å²) < 4.78 is 0. The molecule has 9 heavy (non-hydrogen) atoms. The van der Waals surface area contributed by atoms with E-state index in [4.69, 9.17) is 0 Å². The van der Waals surface area contributed by atoms with E-state index in [1.165, 1.54) is 0 Å². The predicted molar refractivity (Wildman–Crippen MR) is 31.0 cm³/mol. The van der Waals surface area contributed by atoms with Gasteiger partial charge >= 0.3 is 22.4 Å². The Bertz CT molecular complexity index is 4.53. The average Bonchev–Trinajstić information content (AvgIpc) is 0. The molecule has 0 aliphatic rings. The molecule has 0 fully saturated rings. The molecular formula is H3Br8Nb. The topological polar surface area (TPSA) is 0 Å². The van der Waals surface area contributed by atoms with Gasteiger partial charge in [-0.3, -0.25) is 0 Å². The molecule has 0 saturated carbocycles. The molecule has 0 radical (unpaired) electrons. The second kappa shape index (κ2) is 80.4. The van der Waals surface area contributed by atoms with Crippen molar-refractivity contribution in [1.29, 1.82) is 0 Å². The fourth-order valence-electron chi connectivity index (χ4n) is 0. The molecule has 0 amide bonds. The minimum atomic E-state index is 0. The normalized spacial score (nSPS) is 0. The van der Waals surface area contributed by atoms with Gasteiger partial charge in [-0.25, -0.2) is 0 Å². The Morgan fingerprint density at radius 3 is 0.333 bits per heavy atom. The third-order valence-corrected chi connectivity index (χ3v) is 0. The van der Waals surface area contributed by atoms with Crippen molar-refractivity contribution in [1.82, 2.24) is 0 Å². The molecule has 0 bridgehead atoms. The van der Waals surface area contributed by atoms with E-state index >= 15 is 0 Å². The van der Waals surface area contributed by atoms with E-state index in [0.717, 1.165) is 0 Å². The Kier molecular flexibility index (Phi) is 915. The summed E-state index contributed by atoms with van der Waals surface area (Å²) >= 11 is 0. The molecule has 0 spiro atoms. The van der Waals surface area contributed by atoms with Crippen molar-refractivity contribution in [3.8, 4) is 0 Å². The summed E-state index contributed by atoms with van der Waals surface area (Å²) in [6.45, 7) is 0. The van der Waals surface area contributed by atoms with Crippen LogP contribution in [-0.2, 0) is 22.4 Å². The summed E-state index contributed by atoms with van der Waals surface area (Å²) in [6, 6.07) is 0. The van der Waals surface area contributed by atoms with Gasteiger partial charge in [0.15, 0.2) is 0 Å². The van der Waals surface area contributed by atoms with Crippen LogP contribution < -0.4 is 84.9 Å². The molecule has 0 heterocycles. The molecule has 64 valence electrons. The number of hydrogen-bond donors (Lipinski definition) is 0. The van der Waals surface area contributed by atoms with Crippen LogP contribution in [0.2, 0.25) is 0 Å². The van der Waals surface area contributed by atoms with E-state index in [2.05, 4.69) is 0 Å². The van der Waals surface area contributed by atoms with Crippen LogP contribution in [0.4, 0.5) is 0 Å². The fourth-order valence-corrected chi connectivity index (χ4v) is 0. The second-order valence-electron chi connectivity index (χ2n) is 0. The maximum Gasteiger partial charge on any atom is 5.00 e. The zero-order valence-electron chi connectivity index (χ0n) is 3.56. The van der Waals surface area contributed by atoms with Crippen LogP contribution in [0.1, 0.15) is 0 Å². The van der Waals surface area contributed by atoms with E-state index in [9.17, 15) is 0 Å². The molecule has 0 aliphatic heterocycles. The number of hydrogen-bond acceptors (Lipinski definition) is 0. The third kappa shape index (κ3) is 67.1. The Morgan fingerprint density at radius 2 is 0.333 bits per heavy atom. The fraction of sp³-hybridized carbons (Fsp3) is 0. The molecule has 0 aromatic heterocycles. The molecular weight excluding hydrogens is 732 g/mol. The third-order valence-electron chi connectivity index (χ3n) is 0. The van der Waals surface area contributed by atoms with Gasteiger partial charge in [0.25, 0.3) is 0 Å². The smallest absolute Gasteiger partial charge is 1.00 e. The van der Waals surface area contributed by atoms with Crippen molar-refractivity contribution in [3.63, 3.8) is 0 Å². The summed E-state index contributed by atoms with van der Waals surface area (Å²) in [5.41, 5.74) is 0. The van der Waals surface area contributed by atoms with Gasteiger partial charge in [0.05, 0.1) is 0 Å². The molecule has 0 saturated heterocycles. The van der Waals surface area contributed by atoms with Crippen LogP contribution in [0.15, 0.2) is 0 Å². The van der Waals surface area contributed by atoms with Crippen LogP contribution in [0.25, 0.3) is 0 Å². The predicted octanol–water partition coefficient (Wildman–Crippen LogP) is -13.2. The molecule has 0 aromatic carbocycles. The van der Waals surface area contributed by atoms with Crippen molar-refractivity contribution in [3.05, 3.63) is 0 Å². The van der Waals surface area contributed by atoms with Crippen molar-refractivity contribution in [2.24, 2.45) is 0 Å². The average molecular weight is 735 g/mol. The van der Waals surface area contributed by atoms with Crippen LogP contribution in [0.3, 0.4) is 0 Å². The number of halogens is 8. The van der Waals surface area contributed by atoms with Crippen LogP contribution in [0.5, 0.6) is 0 Å². The second-order valence-corrected chi connectivity index (χ2v) is 0. The summed E-state index contributed by atoms with van der Waals surface area (Å²) in [6.07, 6.45) is 0. The first-order valence-corrected chi connectivity index (χ1v) is 0. The standard InChI is InChI=1S/8BrH.Nb/h8*1H;/q;;;;;;;;+5/p-5. The summed E-state index contributed by atoms with van der Waals surface area (Å²) in [7, 11) is 0. The van der Waals surface area contributed by atoms with E-state index in [0.29, 0.717) is 0 Å². The number of rotatable bonds is 0. The minimum absolute atomic E-state index is 0. The quantitative estimate of drug-likeness (QED) is 0.217. The van der Waals surface area contributed by atoms with Crippen molar-refractivity contribution in [2.75, 3.05) is 0 Å². The van der Waals surface area contributed by atoms with Gasteiger partial charge in [-0.05, 0) is 0 Å². The Morgan fingerprint density at radius 1 is 0.333 bits per heavy atom. The van der Waals surface area contributed by atoms with Gasteiger partial charge < -0.3 is 84.9 Å². The van der Waals surface area contributed by atoms with Gasteiger partial charge in [-0.15, -0.1) is 50.9 Å². The van der Waals surface area contributed by atoms with Gasteiger partial charge in [-0.2, -0.15) is 0 Å². The van der Waals surface area contributed by atoms with Gasteiger partial charge in [0.2, 0.25) is 0 Å². The minimum Gasteiger partial charge on any atom is -1.00 e. The van der Waals surface area contributed by atoms with Crippen LogP contribution in [0, 0.1) is 0 Å². The van der Waals surface area contributed by atoms with E-state index in [-0.39, 0.29) is 158 Å². The van der Waals surface area contributed by atoms with E-state index in [1.807, 2.05) is 0 Å². The van der Waals surface area contributed by atoms with Crippen LogP contribution in [-0.4, -0.2) is 0 Å². The molecule has 9 heteroatoms. The Hall–Kier alpha value is 4.58. The Labute approximate surface area is 155 Å². The maximum absolute atomic E-state index is 0.